The number of rotatable bonds is 5. The molecule has 9 rings (SSSR count). The summed E-state index contributed by atoms with van der Waals surface area (Å²) in [6.45, 7) is 0. The molecular weight excluding hydrogens is 762 g/mol. The van der Waals surface area contributed by atoms with Gasteiger partial charge >= 0.3 is 0 Å². The second-order valence-electron chi connectivity index (χ2n) is 11.4. The standard InChI is InChI=1S/C40H27N5O.Pt/c1-42-23-24-43(26-42)29-13-10-14-30(25-29)45-35-18-9-7-16-33(35)38-36(27-19-21-31(46-2)22-20-27)37-32-15-6-8-17-34(32)44(39(37)41-40(38)45)28-11-4-3-5-12-28;/h3-11,13-24H,1-2H3;/q-2;. The second-order valence-corrected chi connectivity index (χ2v) is 11.4. The number of para-hydroxylation sites is 3. The topological polar surface area (TPSA) is 40.8 Å². The first-order valence-corrected chi connectivity index (χ1v) is 15.2. The summed E-state index contributed by atoms with van der Waals surface area (Å²) in [7, 11) is 3.66. The zero-order valence-electron chi connectivity index (χ0n) is 25.6. The molecule has 0 aliphatic rings. The molecule has 7 heteroatoms. The SMILES string of the molecule is COc1ccc(-c2c3c4ccccc4n(-c4[c-]cccc4)c3nc3c2c2ccccc2n3-c2[c-]c(-n3[c-][n+](C)cc3)ccc2)cc1.[Pt]. The van der Waals surface area contributed by atoms with E-state index in [1.165, 1.54) is 0 Å². The molecule has 0 saturated heterocycles. The van der Waals surface area contributed by atoms with Gasteiger partial charge < -0.3 is 23.0 Å². The Balaban J connectivity index is 0.00000324. The minimum atomic E-state index is 0. The van der Waals surface area contributed by atoms with Crippen LogP contribution in [0.2, 0.25) is 0 Å². The van der Waals surface area contributed by atoms with Gasteiger partial charge in [-0.05, 0) is 29.8 Å². The molecule has 9 aromatic rings. The van der Waals surface area contributed by atoms with Crippen molar-refractivity contribution in [1.82, 2.24) is 18.7 Å². The molecule has 6 nitrogen and oxygen atoms in total. The van der Waals surface area contributed by atoms with Crippen LogP contribution in [0.15, 0.2) is 128 Å². The van der Waals surface area contributed by atoms with Gasteiger partial charge in [-0.15, -0.1) is 12.1 Å². The molecular formula is C40H27N5OPt-2. The van der Waals surface area contributed by atoms with Gasteiger partial charge in [-0.3, -0.25) is 0 Å². The quantitative estimate of drug-likeness (QED) is 0.131. The fourth-order valence-corrected chi connectivity index (χ4v) is 6.69. The Bertz CT molecular complexity index is 2580. The Morgan fingerprint density at radius 3 is 1.91 bits per heavy atom. The number of aromatic nitrogens is 5. The molecule has 47 heavy (non-hydrogen) atoms. The molecule has 0 aliphatic carbocycles. The fourth-order valence-electron chi connectivity index (χ4n) is 6.69. The maximum atomic E-state index is 5.57. The maximum Gasteiger partial charge on any atom is 0.241 e. The predicted molar refractivity (Wildman–Crippen MR) is 182 cm³/mol. The van der Waals surface area contributed by atoms with Gasteiger partial charge in [-0.25, -0.2) is 4.98 Å². The van der Waals surface area contributed by atoms with Crippen LogP contribution in [-0.2, 0) is 28.1 Å². The molecule has 0 fully saturated rings. The van der Waals surface area contributed by atoms with Gasteiger partial charge in [0.25, 0.3) is 0 Å². The molecule has 0 unspecified atom stereocenters. The van der Waals surface area contributed by atoms with Gasteiger partial charge in [0.1, 0.15) is 17.0 Å². The van der Waals surface area contributed by atoms with E-state index in [1.54, 1.807) is 7.11 Å². The molecule has 0 radical (unpaired) electrons. The van der Waals surface area contributed by atoms with Crippen LogP contribution in [0, 0.1) is 18.5 Å². The molecule has 0 bridgehead atoms. The van der Waals surface area contributed by atoms with E-state index in [2.05, 4.69) is 106 Å². The molecule has 4 aromatic heterocycles. The number of ether oxygens (including phenoxy) is 1. The summed E-state index contributed by atoms with van der Waals surface area (Å²) in [6.07, 6.45) is 7.26. The minimum absolute atomic E-state index is 0. The summed E-state index contributed by atoms with van der Waals surface area (Å²) in [5, 5.41) is 4.45. The molecule has 0 spiro atoms. The van der Waals surface area contributed by atoms with Crippen LogP contribution in [0.4, 0.5) is 0 Å². The molecule has 0 amide bonds. The minimum Gasteiger partial charge on any atom is -0.497 e. The first kappa shape index (κ1) is 29.0. The molecule has 0 atom stereocenters. The van der Waals surface area contributed by atoms with Crippen molar-refractivity contribution in [3.8, 4) is 33.9 Å². The number of benzene rings is 5. The van der Waals surface area contributed by atoms with E-state index in [1.807, 2.05) is 65.0 Å². The van der Waals surface area contributed by atoms with Gasteiger partial charge in [-0.1, -0.05) is 65.6 Å². The first-order chi connectivity index (χ1) is 22.7. The smallest absolute Gasteiger partial charge is 0.241 e. The van der Waals surface area contributed by atoms with Gasteiger partial charge in [0.2, 0.25) is 6.33 Å². The Labute approximate surface area is 286 Å². The van der Waals surface area contributed by atoms with Crippen molar-refractivity contribution in [1.29, 1.82) is 0 Å². The van der Waals surface area contributed by atoms with Gasteiger partial charge in [0.15, 0.2) is 0 Å². The van der Waals surface area contributed by atoms with Crippen LogP contribution in [-0.4, -0.2) is 25.8 Å². The van der Waals surface area contributed by atoms with Crippen molar-refractivity contribution in [3.63, 3.8) is 0 Å². The molecule has 230 valence electrons. The third-order valence-electron chi connectivity index (χ3n) is 8.69. The third-order valence-corrected chi connectivity index (χ3v) is 8.69. The number of nitrogens with zero attached hydrogens (tertiary/aromatic N) is 5. The second kappa shape index (κ2) is 11.4. The molecule has 4 heterocycles. The summed E-state index contributed by atoms with van der Waals surface area (Å²) in [6, 6.07) is 46.9. The Hall–Kier alpha value is -5.45. The average Bonchev–Trinajstić information content (AvgIpc) is 3.79. The summed E-state index contributed by atoms with van der Waals surface area (Å²) in [4.78, 5) is 5.57. The van der Waals surface area contributed by atoms with Crippen LogP contribution in [0.5, 0.6) is 5.75 Å². The van der Waals surface area contributed by atoms with Crippen molar-refractivity contribution in [2.75, 3.05) is 7.11 Å². The summed E-state index contributed by atoms with van der Waals surface area (Å²) < 4.78 is 13.9. The van der Waals surface area contributed by atoms with Crippen molar-refractivity contribution in [2.24, 2.45) is 7.05 Å². The Morgan fingerprint density at radius 1 is 0.681 bits per heavy atom. The van der Waals surface area contributed by atoms with Gasteiger partial charge in [-0.2, -0.15) is 42.5 Å². The number of hydrogen-bond acceptors (Lipinski definition) is 2. The van der Waals surface area contributed by atoms with E-state index in [9.17, 15) is 0 Å². The number of imidazole rings is 1. The maximum absolute atomic E-state index is 5.57. The Morgan fingerprint density at radius 2 is 1.30 bits per heavy atom. The van der Waals surface area contributed by atoms with Crippen molar-refractivity contribution >= 4 is 43.9 Å². The zero-order valence-corrected chi connectivity index (χ0v) is 27.9. The summed E-state index contributed by atoms with van der Waals surface area (Å²) >= 11 is 0. The molecule has 5 aromatic carbocycles. The van der Waals surface area contributed by atoms with E-state index in [-0.39, 0.29) is 21.1 Å². The van der Waals surface area contributed by atoms with Crippen molar-refractivity contribution in [3.05, 3.63) is 146 Å². The van der Waals surface area contributed by atoms with Crippen LogP contribution in [0.25, 0.3) is 72.1 Å². The molecule has 0 N–H and O–H groups in total. The number of aryl methyl sites for hydroxylation is 1. The van der Waals surface area contributed by atoms with E-state index >= 15 is 0 Å². The van der Waals surface area contributed by atoms with E-state index in [0.29, 0.717) is 0 Å². The van der Waals surface area contributed by atoms with Crippen LogP contribution in [0.1, 0.15) is 0 Å². The van der Waals surface area contributed by atoms with E-state index in [0.717, 1.165) is 77.8 Å². The van der Waals surface area contributed by atoms with Crippen LogP contribution >= 0.6 is 0 Å². The largest absolute Gasteiger partial charge is 0.497 e. The number of fused-ring (bicyclic) bond motifs is 6. The fraction of sp³-hybridized carbons (Fsp3) is 0.0500. The number of pyridine rings is 1. The van der Waals surface area contributed by atoms with Crippen molar-refractivity contribution in [2.45, 2.75) is 0 Å². The normalized spacial score (nSPS) is 11.4. The van der Waals surface area contributed by atoms with E-state index in [4.69, 9.17) is 9.72 Å². The third kappa shape index (κ3) is 4.51. The molecule has 0 saturated carbocycles. The zero-order chi connectivity index (χ0) is 30.8. The van der Waals surface area contributed by atoms with Crippen LogP contribution in [0.3, 0.4) is 0 Å². The summed E-state index contributed by atoms with van der Waals surface area (Å²) in [5.74, 6) is 0.815. The predicted octanol–water partition coefficient (Wildman–Crippen LogP) is 7.96. The van der Waals surface area contributed by atoms with E-state index < -0.39 is 0 Å². The monoisotopic (exact) mass is 788 g/mol. The molecule has 0 aliphatic heterocycles. The summed E-state index contributed by atoms with van der Waals surface area (Å²) in [5.41, 5.74) is 8.82. The Kier molecular flexibility index (Phi) is 7.04. The van der Waals surface area contributed by atoms with Gasteiger partial charge in [0.05, 0.1) is 25.2 Å². The van der Waals surface area contributed by atoms with Gasteiger partial charge in [0, 0.05) is 60.6 Å². The average molecular weight is 789 g/mol. The first-order valence-electron chi connectivity index (χ1n) is 15.2. The number of hydrogen-bond donors (Lipinski definition) is 0. The van der Waals surface area contributed by atoms with Crippen molar-refractivity contribution < 1.29 is 30.4 Å². The number of methoxy groups -OCH3 is 1. The van der Waals surface area contributed by atoms with Crippen LogP contribution < -0.4 is 9.30 Å².